The van der Waals surface area contributed by atoms with Gasteiger partial charge in [-0.25, -0.2) is 4.98 Å². The summed E-state index contributed by atoms with van der Waals surface area (Å²) in [5.74, 6) is 0. The van der Waals surface area contributed by atoms with Gasteiger partial charge in [0.25, 0.3) is 0 Å². The summed E-state index contributed by atoms with van der Waals surface area (Å²) in [6, 6.07) is 3.51. The molecule has 3 aromatic rings. The van der Waals surface area contributed by atoms with Gasteiger partial charge in [0, 0.05) is 6.54 Å². The van der Waals surface area contributed by atoms with E-state index < -0.39 is 11.7 Å². The number of nitrogens with two attached hydrogens (primary N) is 1. The number of rotatable bonds is 3. The Morgan fingerprint density at radius 2 is 2.10 bits per heavy atom. The molecule has 2 N–H and O–H groups in total. The van der Waals surface area contributed by atoms with Gasteiger partial charge in [-0.3, -0.25) is 4.68 Å². The highest BCUT2D eigenvalue weighted by molar-refractivity contribution is 7.21. The van der Waals surface area contributed by atoms with Gasteiger partial charge in [0.15, 0.2) is 0 Å². The van der Waals surface area contributed by atoms with Crippen LogP contribution in [0.4, 0.5) is 13.2 Å². The van der Waals surface area contributed by atoms with Crippen LogP contribution in [0.15, 0.2) is 24.4 Å². The summed E-state index contributed by atoms with van der Waals surface area (Å²) in [5.41, 5.74) is 5.54. The molecule has 0 atom stereocenters. The second-order valence-electron chi connectivity index (χ2n) is 4.35. The fraction of sp³-hybridized carbons (Fsp3) is 0.250. The lowest BCUT2D eigenvalue weighted by molar-refractivity contribution is -0.137. The highest BCUT2D eigenvalue weighted by atomic mass is 32.1. The lowest BCUT2D eigenvalue weighted by Gasteiger charge is -2.04. The van der Waals surface area contributed by atoms with Gasteiger partial charge in [0.1, 0.15) is 10.7 Å². The van der Waals surface area contributed by atoms with Crippen molar-refractivity contribution in [3.63, 3.8) is 0 Å². The molecule has 5 nitrogen and oxygen atoms in total. The summed E-state index contributed by atoms with van der Waals surface area (Å²) < 4.78 is 40.3. The number of aromatic nitrogens is 4. The third kappa shape index (κ3) is 2.74. The van der Waals surface area contributed by atoms with Crippen molar-refractivity contribution in [2.75, 3.05) is 6.54 Å². The van der Waals surface area contributed by atoms with Crippen LogP contribution in [0.2, 0.25) is 0 Å². The van der Waals surface area contributed by atoms with E-state index in [1.165, 1.54) is 17.4 Å². The third-order valence-corrected chi connectivity index (χ3v) is 3.89. The maximum atomic E-state index is 12.7. The summed E-state index contributed by atoms with van der Waals surface area (Å²) in [6.45, 7) is 0.952. The van der Waals surface area contributed by atoms with Crippen LogP contribution in [-0.4, -0.2) is 26.5 Å². The van der Waals surface area contributed by atoms with Crippen LogP contribution in [0.1, 0.15) is 5.56 Å². The number of benzene rings is 1. The molecule has 0 aliphatic carbocycles. The molecule has 0 bridgehead atoms. The number of nitrogens with zero attached hydrogens (tertiary/aromatic N) is 4. The van der Waals surface area contributed by atoms with Crippen LogP contribution in [0.5, 0.6) is 0 Å². The van der Waals surface area contributed by atoms with Crippen molar-refractivity contribution in [2.24, 2.45) is 5.73 Å². The predicted octanol–water partition coefficient (Wildman–Crippen LogP) is 2.53. The normalized spacial score (nSPS) is 12.2. The fourth-order valence-corrected chi connectivity index (χ4v) is 2.75. The molecule has 0 spiro atoms. The van der Waals surface area contributed by atoms with E-state index in [1.807, 2.05) is 0 Å². The largest absolute Gasteiger partial charge is 0.416 e. The Labute approximate surface area is 121 Å². The second kappa shape index (κ2) is 5.08. The minimum absolute atomic E-state index is 0.304. The molecule has 0 unspecified atom stereocenters. The van der Waals surface area contributed by atoms with Crippen LogP contribution in [0, 0.1) is 0 Å². The first kappa shape index (κ1) is 14.0. The quantitative estimate of drug-likeness (QED) is 0.806. The van der Waals surface area contributed by atoms with E-state index in [-0.39, 0.29) is 0 Å². The zero-order valence-corrected chi connectivity index (χ0v) is 11.4. The molecule has 2 heterocycles. The average molecular weight is 313 g/mol. The van der Waals surface area contributed by atoms with E-state index in [0.29, 0.717) is 34.0 Å². The van der Waals surface area contributed by atoms with Crippen LogP contribution in [-0.2, 0) is 12.7 Å². The number of alkyl halides is 3. The van der Waals surface area contributed by atoms with Crippen molar-refractivity contribution in [1.29, 1.82) is 0 Å². The van der Waals surface area contributed by atoms with Gasteiger partial charge >= 0.3 is 6.18 Å². The summed E-state index contributed by atoms with van der Waals surface area (Å²) in [6.07, 6.45) is -2.70. The average Bonchev–Trinajstić information content (AvgIpc) is 3.02. The molecular formula is C12H10F3N5S. The molecule has 3 rings (SSSR count). The predicted molar refractivity (Wildman–Crippen MR) is 72.7 cm³/mol. The number of halogens is 3. The molecule has 0 amide bonds. The Bertz CT molecular complexity index is 777. The number of hydrogen-bond acceptors (Lipinski definition) is 5. The van der Waals surface area contributed by atoms with Crippen LogP contribution < -0.4 is 5.73 Å². The van der Waals surface area contributed by atoms with Gasteiger partial charge in [-0.15, -0.1) is 16.4 Å². The van der Waals surface area contributed by atoms with Gasteiger partial charge in [-0.2, -0.15) is 13.2 Å². The highest BCUT2D eigenvalue weighted by Gasteiger charge is 2.30. The molecule has 0 aliphatic heterocycles. The smallest absolute Gasteiger partial charge is 0.329 e. The molecular weight excluding hydrogens is 303 g/mol. The Kier molecular flexibility index (Phi) is 3.38. The minimum Gasteiger partial charge on any atom is -0.329 e. The Balaban J connectivity index is 2.00. The molecule has 0 radical (unpaired) electrons. The van der Waals surface area contributed by atoms with E-state index in [4.69, 9.17) is 5.73 Å². The third-order valence-electron chi connectivity index (χ3n) is 2.83. The summed E-state index contributed by atoms with van der Waals surface area (Å²) in [5, 5.41) is 8.37. The van der Waals surface area contributed by atoms with Crippen molar-refractivity contribution in [3.05, 3.63) is 30.0 Å². The summed E-state index contributed by atoms with van der Waals surface area (Å²) >= 11 is 1.28. The molecule has 0 fully saturated rings. The van der Waals surface area contributed by atoms with Crippen molar-refractivity contribution in [2.45, 2.75) is 12.7 Å². The summed E-state index contributed by atoms with van der Waals surface area (Å²) in [4.78, 5) is 4.20. The fourth-order valence-electron chi connectivity index (χ4n) is 1.85. The standard InChI is InChI=1S/C12H10F3N5S/c13-12(14,15)7-1-2-10-8(5-7)17-11(21-10)9-6-20(4-3-16)19-18-9/h1-2,5-6H,3-4,16H2. The van der Waals surface area contributed by atoms with Gasteiger partial charge in [0.2, 0.25) is 0 Å². The maximum absolute atomic E-state index is 12.7. The van der Waals surface area contributed by atoms with Gasteiger partial charge in [-0.05, 0) is 18.2 Å². The SMILES string of the molecule is NCCn1cc(-c2nc3cc(C(F)(F)F)ccc3s2)nn1. The molecule has 0 saturated carbocycles. The molecule has 1 aromatic carbocycles. The van der Waals surface area contributed by atoms with E-state index in [0.717, 1.165) is 12.1 Å². The lowest BCUT2D eigenvalue weighted by atomic mass is 10.2. The van der Waals surface area contributed by atoms with Crippen molar-refractivity contribution in [1.82, 2.24) is 20.0 Å². The van der Waals surface area contributed by atoms with Gasteiger partial charge in [-0.1, -0.05) is 5.21 Å². The van der Waals surface area contributed by atoms with Crippen LogP contribution in [0.25, 0.3) is 20.9 Å². The Morgan fingerprint density at radius 1 is 1.29 bits per heavy atom. The van der Waals surface area contributed by atoms with Crippen LogP contribution >= 0.6 is 11.3 Å². The summed E-state index contributed by atoms with van der Waals surface area (Å²) in [7, 11) is 0. The number of hydrogen-bond donors (Lipinski definition) is 1. The first-order valence-corrected chi connectivity index (χ1v) is 6.87. The second-order valence-corrected chi connectivity index (χ2v) is 5.39. The topological polar surface area (TPSA) is 69.6 Å². The number of thiazole rings is 1. The lowest BCUT2D eigenvalue weighted by Crippen LogP contribution is -2.10. The molecule has 110 valence electrons. The van der Waals surface area contributed by atoms with Crippen molar-refractivity contribution >= 4 is 21.6 Å². The molecule has 9 heteroatoms. The molecule has 0 aliphatic rings. The maximum Gasteiger partial charge on any atom is 0.416 e. The first-order chi connectivity index (χ1) is 9.97. The van der Waals surface area contributed by atoms with Gasteiger partial charge in [0.05, 0.1) is 28.5 Å². The molecule has 2 aromatic heterocycles. The number of fused-ring (bicyclic) bond motifs is 1. The highest BCUT2D eigenvalue weighted by Crippen LogP contribution is 2.34. The van der Waals surface area contributed by atoms with E-state index in [1.54, 1.807) is 10.9 Å². The van der Waals surface area contributed by atoms with E-state index in [9.17, 15) is 13.2 Å². The zero-order chi connectivity index (χ0) is 15.0. The molecule has 0 saturated heterocycles. The van der Waals surface area contributed by atoms with Crippen molar-refractivity contribution in [3.8, 4) is 10.7 Å². The van der Waals surface area contributed by atoms with Crippen LogP contribution in [0.3, 0.4) is 0 Å². The zero-order valence-electron chi connectivity index (χ0n) is 10.6. The van der Waals surface area contributed by atoms with Gasteiger partial charge < -0.3 is 5.73 Å². The Morgan fingerprint density at radius 3 is 2.81 bits per heavy atom. The van der Waals surface area contributed by atoms with E-state index >= 15 is 0 Å². The monoisotopic (exact) mass is 313 g/mol. The van der Waals surface area contributed by atoms with E-state index in [2.05, 4.69) is 15.3 Å². The van der Waals surface area contributed by atoms with Crippen molar-refractivity contribution < 1.29 is 13.2 Å². The minimum atomic E-state index is -4.37. The Hall–Kier alpha value is -2.00. The molecule has 21 heavy (non-hydrogen) atoms. The first-order valence-electron chi connectivity index (χ1n) is 6.06.